The Morgan fingerprint density at radius 2 is 1.95 bits per heavy atom. The van der Waals surface area contributed by atoms with Crippen molar-refractivity contribution in [2.75, 3.05) is 0 Å². The van der Waals surface area contributed by atoms with Crippen LogP contribution < -0.4 is 4.74 Å². The summed E-state index contributed by atoms with van der Waals surface area (Å²) in [5, 5.41) is 0.707. The number of rotatable bonds is 4. The molecule has 0 unspecified atom stereocenters. The number of aldehydes is 1. The predicted octanol–water partition coefficient (Wildman–Crippen LogP) is 4.52. The van der Waals surface area contributed by atoms with Crippen molar-refractivity contribution < 1.29 is 13.9 Å². The first-order valence-electron chi connectivity index (χ1n) is 5.42. The molecule has 2 aromatic carbocycles. The lowest BCUT2D eigenvalue weighted by atomic mass is 10.2. The molecule has 0 saturated heterocycles. The molecule has 0 saturated carbocycles. The molecule has 2 rings (SSSR count). The average Bonchev–Trinajstić information content (AvgIpc) is 2.40. The van der Waals surface area contributed by atoms with E-state index >= 15 is 0 Å². The lowest BCUT2D eigenvalue weighted by Gasteiger charge is -2.11. The number of para-hydroxylation sites is 1. The van der Waals surface area contributed by atoms with E-state index in [0.29, 0.717) is 27.5 Å². The Hall–Kier alpha value is -1.58. The molecular weight excluding hydrogens is 290 g/mol. The molecule has 0 radical (unpaired) electrons. The van der Waals surface area contributed by atoms with Gasteiger partial charge in [-0.2, -0.15) is 0 Å². The van der Waals surface area contributed by atoms with Crippen molar-refractivity contribution >= 4 is 29.5 Å². The van der Waals surface area contributed by atoms with Gasteiger partial charge in [0.1, 0.15) is 18.2 Å². The van der Waals surface area contributed by atoms with Crippen molar-refractivity contribution in [3.8, 4) is 5.75 Å². The van der Waals surface area contributed by atoms with E-state index in [0.717, 1.165) is 0 Å². The monoisotopic (exact) mass is 298 g/mol. The van der Waals surface area contributed by atoms with E-state index in [4.69, 9.17) is 27.9 Å². The molecule has 0 atom stereocenters. The van der Waals surface area contributed by atoms with Crippen molar-refractivity contribution in [3.63, 3.8) is 0 Å². The number of halogens is 3. The summed E-state index contributed by atoms with van der Waals surface area (Å²) in [5.74, 6) is -0.141. The molecule has 0 aliphatic carbocycles. The zero-order valence-electron chi connectivity index (χ0n) is 9.70. The second kappa shape index (κ2) is 6.04. The van der Waals surface area contributed by atoms with Gasteiger partial charge in [0.05, 0.1) is 10.6 Å². The van der Waals surface area contributed by atoms with E-state index in [9.17, 15) is 9.18 Å². The van der Waals surface area contributed by atoms with Crippen molar-refractivity contribution in [1.82, 2.24) is 0 Å². The summed E-state index contributed by atoms with van der Waals surface area (Å²) in [4.78, 5) is 10.9. The third kappa shape index (κ3) is 3.25. The maximum atomic E-state index is 13.1. The Bertz CT molecular complexity index is 614. The molecule has 0 aliphatic heterocycles. The van der Waals surface area contributed by atoms with Crippen LogP contribution in [0.2, 0.25) is 10.0 Å². The molecule has 0 heterocycles. The molecular formula is C14H9Cl2FO2. The molecule has 0 bridgehead atoms. The Labute approximate surface area is 119 Å². The second-order valence-corrected chi connectivity index (χ2v) is 4.61. The first-order chi connectivity index (χ1) is 9.11. The molecule has 0 spiro atoms. The van der Waals surface area contributed by atoms with Crippen LogP contribution >= 0.6 is 23.2 Å². The summed E-state index contributed by atoms with van der Waals surface area (Å²) < 4.78 is 18.6. The van der Waals surface area contributed by atoms with Crippen LogP contribution in [0.5, 0.6) is 5.75 Å². The van der Waals surface area contributed by atoms with Crippen molar-refractivity contribution in [2.24, 2.45) is 0 Å². The molecule has 0 aromatic heterocycles. The number of carbonyl (C=O) groups is 1. The topological polar surface area (TPSA) is 26.3 Å². The SMILES string of the molecule is O=Cc1cccc(Cl)c1OCc1cc(F)ccc1Cl. The van der Waals surface area contributed by atoms with Crippen molar-refractivity contribution in [1.29, 1.82) is 0 Å². The third-order valence-electron chi connectivity index (χ3n) is 2.50. The smallest absolute Gasteiger partial charge is 0.153 e. The van der Waals surface area contributed by atoms with Crippen LogP contribution in [0.25, 0.3) is 0 Å². The summed E-state index contributed by atoms with van der Waals surface area (Å²) in [5.41, 5.74) is 0.818. The highest BCUT2D eigenvalue weighted by Gasteiger charge is 2.09. The van der Waals surface area contributed by atoms with Crippen LogP contribution in [0.3, 0.4) is 0 Å². The minimum absolute atomic E-state index is 0.0289. The van der Waals surface area contributed by atoms with E-state index in [-0.39, 0.29) is 12.4 Å². The van der Waals surface area contributed by atoms with Gasteiger partial charge in [-0.1, -0.05) is 29.3 Å². The van der Waals surface area contributed by atoms with Gasteiger partial charge in [0.15, 0.2) is 6.29 Å². The zero-order chi connectivity index (χ0) is 13.8. The van der Waals surface area contributed by atoms with Gasteiger partial charge in [-0.25, -0.2) is 4.39 Å². The highest BCUT2D eigenvalue weighted by molar-refractivity contribution is 6.32. The fraction of sp³-hybridized carbons (Fsp3) is 0.0714. The highest BCUT2D eigenvalue weighted by Crippen LogP contribution is 2.29. The number of hydrogen-bond acceptors (Lipinski definition) is 2. The third-order valence-corrected chi connectivity index (χ3v) is 3.17. The van der Waals surface area contributed by atoms with E-state index in [1.807, 2.05) is 0 Å². The van der Waals surface area contributed by atoms with Crippen molar-refractivity contribution in [2.45, 2.75) is 6.61 Å². The summed E-state index contributed by atoms with van der Waals surface area (Å²) >= 11 is 11.9. The van der Waals surface area contributed by atoms with Crippen molar-refractivity contribution in [3.05, 3.63) is 63.4 Å². The van der Waals surface area contributed by atoms with Crippen LogP contribution in [0.15, 0.2) is 36.4 Å². The molecule has 0 aliphatic rings. The lowest BCUT2D eigenvalue weighted by molar-refractivity contribution is 0.111. The van der Waals surface area contributed by atoms with Crippen LogP contribution in [0.1, 0.15) is 15.9 Å². The molecule has 5 heteroatoms. The first-order valence-corrected chi connectivity index (χ1v) is 6.18. The Balaban J connectivity index is 2.23. The van der Waals surface area contributed by atoms with Gasteiger partial charge < -0.3 is 4.74 Å². The fourth-order valence-electron chi connectivity index (χ4n) is 1.57. The normalized spacial score (nSPS) is 10.3. The largest absolute Gasteiger partial charge is 0.487 e. The summed E-state index contributed by atoms with van der Waals surface area (Å²) in [6.07, 6.45) is 0.647. The summed E-state index contributed by atoms with van der Waals surface area (Å²) in [6, 6.07) is 8.83. The van der Waals surface area contributed by atoms with E-state index in [1.54, 1.807) is 18.2 Å². The van der Waals surface area contributed by atoms with E-state index < -0.39 is 5.82 Å². The van der Waals surface area contributed by atoms with Gasteiger partial charge in [0, 0.05) is 10.6 Å². The molecule has 98 valence electrons. The van der Waals surface area contributed by atoms with E-state index in [2.05, 4.69) is 0 Å². The van der Waals surface area contributed by atoms with Crippen LogP contribution in [0, 0.1) is 5.82 Å². The maximum Gasteiger partial charge on any atom is 0.153 e. The average molecular weight is 299 g/mol. The predicted molar refractivity (Wildman–Crippen MR) is 72.6 cm³/mol. The van der Waals surface area contributed by atoms with Gasteiger partial charge in [-0.15, -0.1) is 0 Å². The van der Waals surface area contributed by atoms with Gasteiger partial charge in [-0.3, -0.25) is 4.79 Å². The number of benzene rings is 2. The van der Waals surface area contributed by atoms with Crippen LogP contribution in [0.4, 0.5) is 4.39 Å². The number of carbonyl (C=O) groups excluding carboxylic acids is 1. The number of hydrogen-bond donors (Lipinski definition) is 0. The minimum Gasteiger partial charge on any atom is -0.487 e. The quantitative estimate of drug-likeness (QED) is 0.776. The molecule has 0 amide bonds. The van der Waals surface area contributed by atoms with E-state index in [1.165, 1.54) is 18.2 Å². The Kier molecular flexibility index (Phi) is 4.40. The Morgan fingerprint density at radius 1 is 1.16 bits per heavy atom. The lowest BCUT2D eigenvalue weighted by Crippen LogP contribution is -2.00. The summed E-state index contributed by atoms with van der Waals surface area (Å²) in [6.45, 7) is 0.0289. The Morgan fingerprint density at radius 3 is 2.68 bits per heavy atom. The van der Waals surface area contributed by atoms with Gasteiger partial charge in [0.25, 0.3) is 0 Å². The molecule has 19 heavy (non-hydrogen) atoms. The van der Waals surface area contributed by atoms with Gasteiger partial charge in [0.2, 0.25) is 0 Å². The standard InChI is InChI=1S/C14H9Cl2FO2/c15-12-5-4-11(17)6-10(12)8-19-14-9(7-18)2-1-3-13(14)16/h1-7H,8H2. The fourth-order valence-corrected chi connectivity index (χ4v) is 1.98. The van der Waals surface area contributed by atoms with Gasteiger partial charge >= 0.3 is 0 Å². The zero-order valence-corrected chi connectivity index (χ0v) is 11.2. The van der Waals surface area contributed by atoms with Crippen LogP contribution in [-0.4, -0.2) is 6.29 Å². The molecule has 0 N–H and O–H groups in total. The maximum absolute atomic E-state index is 13.1. The van der Waals surface area contributed by atoms with Crippen LogP contribution in [-0.2, 0) is 6.61 Å². The second-order valence-electron chi connectivity index (χ2n) is 3.80. The minimum atomic E-state index is -0.405. The summed E-state index contributed by atoms with van der Waals surface area (Å²) in [7, 11) is 0. The molecule has 0 fully saturated rings. The first kappa shape index (κ1) is 13.8. The molecule has 2 nitrogen and oxygen atoms in total. The number of ether oxygens (including phenoxy) is 1. The van der Waals surface area contributed by atoms with Gasteiger partial charge in [-0.05, 0) is 30.3 Å². The molecule has 2 aromatic rings. The highest BCUT2D eigenvalue weighted by atomic mass is 35.5.